The number of hydrogen-bond donors (Lipinski definition) is 1. The first-order valence-corrected chi connectivity index (χ1v) is 11.7. The third-order valence-electron chi connectivity index (χ3n) is 6.52. The summed E-state index contributed by atoms with van der Waals surface area (Å²) in [6.45, 7) is 1.94. The maximum atomic E-state index is 13.7. The highest BCUT2D eigenvalue weighted by Gasteiger charge is 2.54. The lowest BCUT2D eigenvalue weighted by atomic mass is 10.1. The van der Waals surface area contributed by atoms with E-state index in [1.807, 2.05) is 29.8 Å². The molecule has 1 aliphatic heterocycles. The van der Waals surface area contributed by atoms with Gasteiger partial charge in [-0.1, -0.05) is 12.1 Å². The summed E-state index contributed by atoms with van der Waals surface area (Å²) in [6, 6.07) is 9.63. The Labute approximate surface area is 210 Å². The van der Waals surface area contributed by atoms with Crippen molar-refractivity contribution in [3.8, 4) is 5.69 Å². The normalized spacial score (nSPS) is 17.1. The SMILES string of the molecule is Cc1cn(-c2ccc(C3=NC4(CCCC4)N(C(OC=O)C(=O)Nc4cc(F)cc(F)c4)C3=O)cc2)cn1. The summed E-state index contributed by atoms with van der Waals surface area (Å²) < 4.78 is 34.2. The van der Waals surface area contributed by atoms with Crippen molar-refractivity contribution >= 4 is 29.7 Å². The molecular weight excluding hydrogens is 484 g/mol. The number of halogens is 2. The van der Waals surface area contributed by atoms with Gasteiger partial charge in [-0.15, -0.1) is 0 Å². The van der Waals surface area contributed by atoms with Crippen molar-refractivity contribution in [3.05, 3.63) is 77.9 Å². The van der Waals surface area contributed by atoms with Crippen molar-refractivity contribution in [1.82, 2.24) is 14.5 Å². The molecule has 1 aromatic heterocycles. The van der Waals surface area contributed by atoms with Crippen LogP contribution in [0.5, 0.6) is 0 Å². The minimum absolute atomic E-state index is 0.0617. The van der Waals surface area contributed by atoms with E-state index >= 15 is 0 Å². The topological polar surface area (TPSA) is 106 Å². The summed E-state index contributed by atoms with van der Waals surface area (Å²) in [4.78, 5) is 48.3. The molecule has 2 amide bonds. The smallest absolute Gasteiger partial charge is 0.295 e. The number of nitrogens with zero attached hydrogens (tertiary/aromatic N) is 4. The molecule has 2 heterocycles. The Kier molecular flexibility index (Phi) is 6.28. The predicted molar refractivity (Wildman–Crippen MR) is 129 cm³/mol. The summed E-state index contributed by atoms with van der Waals surface area (Å²) >= 11 is 0. The average Bonchev–Trinajstić information content (AvgIpc) is 3.57. The van der Waals surface area contributed by atoms with Gasteiger partial charge < -0.3 is 14.6 Å². The molecule has 5 rings (SSSR count). The van der Waals surface area contributed by atoms with E-state index < -0.39 is 35.3 Å². The third-order valence-corrected chi connectivity index (χ3v) is 6.52. The lowest BCUT2D eigenvalue weighted by molar-refractivity contribution is -0.166. The van der Waals surface area contributed by atoms with Crippen LogP contribution in [0.3, 0.4) is 0 Å². The number of benzene rings is 2. The fourth-order valence-corrected chi connectivity index (χ4v) is 4.90. The second-order valence-corrected chi connectivity index (χ2v) is 9.03. The van der Waals surface area contributed by atoms with E-state index in [1.54, 1.807) is 18.5 Å². The number of aliphatic imine (C=N–C) groups is 1. The van der Waals surface area contributed by atoms with Crippen LogP contribution >= 0.6 is 0 Å². The fraction of sp³-hybridized carbons (Fsp3) is 0.269. The first-order valence-electron chi connectivity index (χ1n) is 11.7. The molecule has 9 nitrogen and oxygen atoms in total. The quantitative estimate of drug-likeness (QED) is 0.493. The maximum absolute atomic E-state index is 13.7. The summed E-state index contributed by atoms with van der Waals surface area (Å²) in [5, 5.41) is 2.34. The number of hydrogen-bond acceptors (Lipinski definition) is 6. The van der Waals surface area contributed by atoms with Crippen molar-refractivity contribution in [2.75, 3.05) is 5.32 Å². The van der Waals surface area contributed by atoms with Gasteiger partial charge in [-0.3, -0.25) is 24.3 Å². The van der Waals surface area contributed by atoms with Crippen LogP contribution in [0.15, 0.2) is 60.0 Å². The number of anilines is 1. The van der Waals surface area contributed by atoms with Gasteiger partial charge in [0.15, 0.2) is 0 Å². The minimum atomic E-state index is -1.69. The molecule has 2 aromatic carbocycles. The van der Waals surface area contributed by atoms with Gasteiger partial charge in [0.05, 0.1) is 12.0 Å². The van der Waals surface area contributed by atoms with Gasteiger partial charge in [-0.2, -0.15) is 0 Å². The lowest BCUT2D eigenvalue weighted by Crippen LogP contribution is -2.56. The number of carbonyl (C=O) groups excluding carboxylic acids is 3. The monoisotopic (exact) mass is 507 g/mol. The molecule has 1 N–H and O–H groups in total. The predicted octanol–water partition coefficient (Wildman–Crippen LogP) is 3.50. The molecule has 1 fully saturated rings. The van der Waals surface area contributed by atoms with Crippen LogP contribution in [0.2, 0.25) is 0 Å². The standard InChI is InChI=1S/C26H23F2N5O4/c1-16-13-32(14-29-16)21-6-4-17(5-7-21)22-24(36)33(26(31-22)8-2-3-9-26)25(37-15-34)23(35)30-20-11-18(27)10-19(28)12-20/h4-7,10-15,25H,2-3,8-9H2,1H3,(H,30,35). The summed E-state index contributed by atoms with van der Waals surface area (Å²) in [6.07, 6.45) is 4.30. The molecule has 0 radical (unpaired) electrons. The summed E-state index contributed by atoms with van der Waals surface area (Å²) in [5.41, 5.74) is 1.12. The lowest BCUT2D eigenvalue weighted by Gasteiger charge is -2.36. The summed E-state index contributed by atoms with van der Waals surface area (Å²) in [5.74, 6) is -3.31. The van der Waals surface area contributed by atoms with Gasteiger partial charge in [0.1, 0.15) is 23.0 Å². The molecule has 1 spiro atoms. The van der Waals surface area contributed by atoms with Crippen LogP contribution in [0, 0.1) is 18.6 Å². The van der Waals surface area contributed by atoms with Crippen molar-refractivity contribution in [1.29, 1.82) is 0 Å². The van der Waals surface area contributed by atoms with E-state index in [0.717, 1.165) is 36.4 Å². The second kappa shape index (κ2) is 9.57. The fourth-order valence-electron chi connectivity index (χ4n) is 4.90. The molecule has 37 heavy (non-hydrogen) atoms. The van der Waals surface area contributed by atoms with Gasteiger partial charge in [-0.25, -0.2) is 13.8 Å². The Morgan fingerprint density at radius 1 is 1.14 bits per heavy atom. The molecule has 0 saturated heterocycles. The maximum Gasteiger partial charge on any atom is 0.295 e. The number of carbonyl (C=O) groups is 3. The number of nitrogens with one attached hydrogen (secondary N) is 1. The van der Waals surface area contributed by atoms with Crippen molar-refractivity contribution < 1.29 is 27.9 Å². The molecule has 1 atom stereocenters. The van der Waals surface area contributed by atoms with E-state index in [9.17, 15) is 23.2 Å². The van der Waals surface area contributed by atoms with E-state index in [4.69, 9.17) is 9.73 Å². The van der Waals surface area contributed by atoms with Gasteiger partial charge in [0, 0.05) is 29.2 Å². The Morgan fingerprint density at radius 3 is 2.41 bits per heavy atom. The van der Waals surface area contributed by atoms with Crippen LogP contribution in [0.1, 0.15) is 36.9 Å². The van der Waals surface area contributed by atoms with E-state index in [0.29, 0.717) is 24.5 Å². The van der Waals surface area contributed by atoms with Crippen LogP contribution in [-0.2, 0) is 19.1 Å². The molecule has 190 valence electrons. The number of aromatic nitrogens is 2. The number of amides is 2. The van der Waals surface area contributed by atoms with Gasteiger partial charge in [-0.05, 0) is 56.9 Å². The number of rotatable bonds is 7. The first-order chi connectivity index (χ1) is 17.8. The highest BCUT2D eigenvalue weighted by atomic mass is 19.1. The highest BCUT2D eigenvalue weighted by molar-refractivity contribution is 6.47. The van der Waals surface area contributed by atoms with Crippen molar-refractivity contribution in [3.63, 3.8) is 0 Å². The zero-order chi connectivity index (χ0) is 26.2. The van der Waals surface area contributed by atoms with Crippen molar-refractivity contribution in [2.45, 2.75) is 44.5 Å². The molecule has 2 aliphatic rings. The Balaban J connectivity index is 1.46. The average molecular weight is 507 g/mol. The summed E-state index contributed by atoms with van der Waals surface area (Å²) in [7, 11) is 0. The van der Waals surface area contributed by atoms with Gasteiger partial charge in [0.2, 0.25) is 0 Å². The molecule has 11 heteroatoms. The zero-order valence-corrected chi connectivity index (χ0v) is 19.9. The molecule has 1 saturated carbocycles. The second-order valence-electron chi connectivity index (χ2n) is 9.03. The zero-order valence-electron chi connectivity index (χ0n) is 19.9. The van der Waals surface area contributed by atoms with Crippen LogP contribution in [0.4, 0.5) is 14.5 Å². The van der Waals surface area contributed by atoms with E-state index in [-0.39, 0.29) is 17.9 Å². The van der Waals surface area contributed by atoms with E-state index in [2.05, 4.69) is 10.3 Å². The van der Waals surface area contributed by atoms with Gasteiger partial charge in [0.25, 0.3) is 24.5 Å². The van der Waals surface area contributed by atoms with Crippen LogP contribution < -0.4 is 5.32 Å². The van der Waals surface area contributed by atoms with Crippen LogP contribution in [-0.4, -0.2) is 50.3 Å². The Bertz CT molecular complexity index is 1380. The number of ether oxygens (including phenoxy) is 1. The minimum Gasteiger partial charge on any atom is -0.434 e. The Morgan fingerprint density at radius 2 is 1.81 bits per heavy atom. The van der Waals surface area contributed by atoms with Gasteiger partial charge >= 0.3 is 0 Å². The molecule has 1 aliphatic carbocycles. The molecular formula is C26H23F2N5O4. The Hall–Kier alpha value is -4.41. The number of aryl methyl sites for hydroxylation is 1. The van der Waals surface area contributed by atoms with Crippen molar-refractivity contribution in [2.24, 2.45) is 4.99 Å². The first kappa shape index (κ1) is 24.3. The number of imidazole rings is 1. The third kappa shape index (κ3) is 4.59. The molecule has 1 unspecified atom stereocenters. The van der Waals surface area contributed by atoms with E-state index in [1.165, 1.54) is 4.90 Å². The largest absolute Gasteiger partial charge is 0.434 e. The molecule has 3 aromatic rings. The van der Waals surface area contributed by atoms with Crippen LogP contribution in [0.25, 0.3) is 5.69 Å². The molecule has 0 bridgehead atoms. The highest BCUT2D eigenvalue weighted by Crippen LogP contribution is 2.42.